The maximum atomic E-state index is 10.7. The topological polar surface area (TPSA) is 17.1 Å². The van der Waals surface area contributed by atoms with Crippen LogP contribution in [0, 0.1) is 0 Å². The van der Waals surface area contributed by atoms with Crippen LogP contribution in [0.25, 0.3) is 0 Å². The van der Waals surface area contributed by atoms with Crippen LogP contribution in [0.3, 0.4) is 0 Å². The fourth-order valence-electron chi connectivity index (χ4n) is 0.627. The van der Waals surface area contributed by atoms with Gasteiger partial charge in [-0.25, -0.2) is 0 Å². The first-order valence-electron chi connectivity index (χ1n) is 2.78. The lowest BCUT2D eigenvalue weighted by atomic mass is 10.2. The molecule has 0 aromatic carbocycles. The van der Waals surface area contributed by atoms with Crippen LogP contribution >= 0.6 is 11.8 Å². The van der Waals surface area contributed by atoms with E-state index in [1.807, 2.05) is 12.3 Å². The Morgan fingerprint density at radius 3 is 3.22 bits per heavy atom. The summed E-state index contributed by atoms with van der Waals surface area (Å²) in [6.45, 7) is 1.97. The molecule has 2 heteroatoms. The van der Waals surface area contributed by atoms with Crippen molar-refractivity contribution in [3.8, 4) is 0 Å². The largest absolute Gasteiger partial charge is 0.290 e. The van der Waals surface area contributed by atoms with Crippen LogP contribution in [0.1, 0.15) is 6.92 Å². The van der Waals surface area contributed by atoms with Crippen molar-refractivity contribution in [3.05, 3.63) is 23.1 Å². The second-order valence-corrected chi connectivity index (χ2v) is 2.90. The van der Waals surface area contributed by atoms with Gasteiger partial charge in [-0.1, -0.05) is 5.57 Å². The fourth-order valence-corrected chi connectivity index (χ4v) is 1.30. The Balaban J connectivity index is 2.74. The summed E-state index contributed by atoms with van der Waals surface area (Å²) in [5, 5.41) is 1.84. The summed E-state index contributed by atoms with van der Waals surface area (Å²) in [4.78, 5) is 10.7. The third kappa shape index (κ3) is 2.06. The van der Waals surface area contributed by atoms with Crippen LogP contribution in [0.2, 0.25) is 0 Å². The molecule has 0 aromatic rings. The van der Waals surface area contributed by atoms with Gasteiger partial charge in [-0.05, 0) is 24.5 Å². The molecule has 0 aromatic heterocycles. The van der Waals surface area contributed by atoms with Crippen LogP contribution in [0.15, 0.2) is 23.1 Å². The van der Waals surface area contributed by atoms with E-state index in [9.17, 15) is 4.79 Å². The minimum Gasteiger partial charge on any atom is -0.290 e. The molecule has 0 saturated heterocycles. The van der Waals surface area contributed by atoms with Crippen molar-refractivity contribution in [2.45, 2.75) is 6.92 Å². The van der Waals surface area contributed by atoms with Crippen molar-refractivity contribution in [2.75, 3.05) is 5.75 Å². The molecule has 1 nitrogen and oxygen atoms in total. The molecule has 1 aliphatic heterocycles. The molecule has 48 valence electrons. The molecule has 0 saturated carbocycles. The van der Waals surface area contributed by atoms with Crippen molar-refractivity contribution in [2.24, 2.45) is 0 Å². The van der Waals surface area contributed by atoms with Crippen LogP contribution in [-0.2, 0) is 4.79 Å². The second-order valence-electron chi connectivity index (χ2n) is 2.01. The normalized spacial score (nSPS) is 19.2. The number of hydrogen-bond acceptors (Lipinski definition) is 2. The van der Waals surface area contributed by atoms with Gasteiger partial charge in [0, 0.05) is 5.75 Å². The van der Waals surface area contributed by atoms with E-state index in [0.29, 0.717) is 0 Å². The highest BCUT2D eigenvalue weighted by atomic mass is 32.2. The van der Waals surface area contributed by atoms with Gasteiger partial charge < -0.3 is 0 Å². The van der Waals surface area contributed by atoms with Gasteiger partial charge in [-0.2, -0.15) is 0 Å². The highest BCUT2D eigenvalue weighted by molar-refractivity contribution is 8.02. The van der Waals surface area contributed by atoms with Gasteiger partial charge >= 0.3 is 0 Å². The van der Waals surface area contributed by atoms with E-state index >= 15 is 0 Å². The third-order valence-electron chi connectivity index (χ3n) is 1.03. The van der Waals surface area contributed by atoms with Gasteiger partial charge in [0.2, 0.25) is 0 Å². The highest BCUT2D eigenvalue weighted by Gasteiger charge is 1.97. The SMILES string of the molecule is CC1=CC(=O)C=CSC1. The average Bonchev–Trinajstić information content (AvgIpc) is 1.93. The van der Waals surface area contributed by atoms with E-state index in [2.05, 4.69) is 0 Å². The lowest BCUT2D eigenvalue weighted by molar-refractivity contribution is -0.110. The zero-order chi connectivity index (χ0) is 6.69. The van der Waals surface area contributed by atoms with E-state index < -0.39 is 0 Å². The molecule has 0 unspecified atom stereocenters. The first-order valence-corrected chi connectivity index (χ1v) is 3.83. The Morgan fingerprint density at radius 1 is 1.67 bits per heavy atom. The number of carbonyl (C=O) groups is 1. The molecule has 0 spiro atoms. The Bertz CT molecular complexity index is 179. The maximum absolute atomic E-state index is 10.7. The summed E-state index contributed by atoms with van der Waals surface area (Å²) in [5.74, 6) is 1.06. The number of thioether (sulfide) groups is 1. The number of rotatable bonds is 0. The number of hydrogen-bond donors (Lipinski definition) is 0. The molecular weight excluding hydrogens is 132 g/mol. The number of allylic oxidation sites excluding steroid dienone is 2. The van der Waals surface area contributed by atoms with Gasteiger partial charge in [-0.15, -0.1) is 11.8 Å². The van der Waals surface area contributed by atoms with Gasteiger partial charge in [0.25, 0.3) is 0 Å². The molecule has 0 bridgehead atoms. The predicted molar refractivity (Wildman–Crippen MR) is 40.4 cm³/mol. The lowest BCUT2D eigenvalue weighted by Gasteiger charge is -1.89. The summed E-state index contributed by atoms with van der Waals surface area (Å²) in [6.07, 6.45) is 3.28. The summed E-state index contributed by atoms with van der Waals surface area (Å²) in [5.41, 5.74) is 1.15. The predicted octanol–water partition coefficient (Wildman–Crippen LogP) is 1.76. The molecule has 1 aliphatic rings. The quantitative estimate of drug-likeness (QED) is 0.510. The fraction of sp³-hybridized carbons (Fsp3) is 0.286. The van der Waals surface area contributed by atoms with E-state index in [0.717, 1.165) is 11.3 Å². The molecule has 0 N–H and O–H groups in total. The smallest absolute Gasteiger partial charge is 0.179 e. The third-order valence-corrected chi connectivity index (χ3v) is 1.98. The number of ketones is 1. The summed E-state index contributed by atoms with van der Waals surface area (Å²) in [7, 11) is 0. The van der Waals surface area contributed by atoms with Crippen molar-refractivity contribution in [3.63, 3.8) is 0 Å². The first-order chi connectivity index (χ1) is 4.29. The number of carbonyl (C=O) groups excluding carboxylic acids is 1. The van der Waals surface area contributed by atoms with Crippen molar-refractivity contribution in [1.29, 1.82) is 0 Å². The van der Waals surface area contributed by atoms with Gasteiger partial charge in [0.05, 0.1) is 0 Å². The van der Waals surface area contributed by atoms with Crippen molar-refractivity contribution >= 4 is 17.5 Å². The second kappa shape index (κ2) is 2.87. The Morgan fingerprint density at radius 2 is 2.44 bits per heavy atom. The van der Waals surface area contributed by atoms with Crippen LogP contribution < -0.4 is 0 Å². The molecule has 0 aliphatic carbocycles. The molecule has 9 heavy (non-hydrogen) atoms. The van der Waals surface area contributed by atoms with Crippen LogP contribution in [0.5, 0.6) is 0 Å². The van der Waals surface area contributed by atoms with E-state index in [1.165, 1.54) is 0 Å². The lowest BCUT2D eigenvalue weighted by Crippen LogP contribution is -1.85. The van der Waals surface area contributed by atoms with Crippen molar-refractivity contribution in [1.82, 2.24) is 0 Å². The highest BCUT2D eigenvalue weighted by Crippen LogP contribution is 2.12. The van der Waals surface area contributed by atoms with Gasteiger partial charge in [0.15, 0.2) is 5.78 Å². The van der Waals surface area contributed by atoms with Gasteiger partial charge in [0.1, 0.15) is 0 Å². The standard InChI is InChI=1S/C7H8OS/c1-6-4-7(8)2-3-9-5-6/h2-4H,5H2,1H3. The Hall–Kier alpha value is -0.500. The zero-order valence-electron chi connectivity index (χ0n) is 5.26. The van der Waals surface area contributed by atoms with Gasteiger partial charge in [-0.3, -0.25) is 4.79 Å². The summed E-state index contributed by atoms with van der Waals surface area (Å²) < 4.78 is 0. The Labute approximate surface area is 58.8 Å². The minimum absolute atomic E-state index is 0.109. The van der Waals surface area contributed by atoms with Crippen molar-refractivity contribution < 1.29 is 4.79 Å². The summed E-state index contributed by atoms with van der Waals surface area (Å²) in [6, 6.07) is 0. The molecule has 0 fully saturated rings. The molecular formula is C7H8OS. The zero-order valence-corrected chi connectivity index (χ0v) is 6.07. The van der Waals surface area contributed by atoms with E-state index in [4.69, 9.17) is 0 Å². The first kappa shape index (κ1) is 6.62. The van der Waals surface area contributed by atoms with Crippen LogP contribution in [0.4, 0.5) is 0 Å². The molecule has 0 atom stereocenters. The monoisotopic (exact) mass is 140 g/mol. The van der Waals surface area contributed by atoms with E-state index in [1.54, 1.807) is 23.9 Å². The summed E-state index contributed by atoms with van der Waals surface area (Å²) >= 11 is 1.66. The maximum Gasteiger partial charge on any atom is 0.179 e. The molecule has 1 rings (SSSR count). The minimum atomic E-state index is 0.109. The Kier molecular flexibility index (Phi) is 2.11. The van der Waals surface area contributed by atoms with E-state index in [-0.39, 0.29) is 5.78 Å². The molecule has 0 radical (unpaired) electrons. The molecule has 0 amide bonds. The average molecular weight is 140 g/mol. The molecule has 1 heterocycles. The van der Waals surface area contributed by atoms with Crippen LogP contribution in [-0.4, -0.2) is 11.5 Å².